The Hall–Kier alpha value is -0.720. The number of hydrogen-bond donors (Lipinski definition) is 2. The summed E-state index contributed by atoms with van der Waals surface area (Å²) in [6.07, 6.45) is 1.61. The summed E-state index contributed by atoms with van der Waals surface area (Å²) in [5.41, 5.74) is 5.78. The summed E-state index contributed by atoms with van der Waals surface area (Å²) in [5.74, 6) is 0.225. The minimum Gasteiger partial charge on any atom is -0.351 e. The Morgan fingerprint density at radius 1 is 1.69 bits per heavy atom. The normalized spacial score (nSPS) is 16.4. The smallest absolute Gasteiger partial charge is 0.242 e. The molecule has 0 fully saturated rings. The zero-order valence-corrected chi connectivity index (χ0v) is 10.9. The maximum absolute atomic E-state index is 11.7. The van der Waals surface area contributed by atoms with Crippen molar-refractivity contribution in [3.05, 3.63) is 22.4 Å². The molecule has 3 atom stereocenters. The first kappa shape index (κ1) is 13.3. The summed E-state index contributed by atoms with van der Waals surface area (Å²) in [7, 11) is -0.915. The number of thiophene rings is 1. The lowest BCUT2D eigenvalue weighted by molar-refractivity contribution is -0.122. The van der Waals surface area contributed by atoms with E-state index in [0.29, 0.717) is 5.75 Å². The van der Waals surface area contributed by atoms with E-state index in [0.717, 1.165) is 4.88 Å². The van der Waals surface area contributed by atoms with Crippen LogP contribution in [0.2, 0.25) is 0 Å². The maximum Gasteiger partial charge on any atom is 0.242 e. The van der Waals surface area contributed by atoms with Gasteiger partial charge in [0.2, 0.25) is 5.91 Å². The highest BCUT2D eigenvalue weighted by Gasteiger charge is 2.18. The first-order valence-corrected chi connectivity index (χ1v) is 7.50. The van der Waals surface area contributed by atoms with Crippen molar-refractivity contribution in [2.75, 3.05) is 12.0 Å². The molecule has 3 unspecified atom stereocenters. The molecule has 1 aromatic rings. The van der Waals surface area contributed by atoms with Gasteiger partial charge in [-0.2, -0.15) is 0 Å². The molecular formula is C10H16N2O2S2. The van der Waals surface area contributed by atoms with Crippen LogP contribution in [0.3, 0.4) is 0 Å². The molecule has 4 nitrogen and oxygen atoms in total. The van der Waals surface area contributed by atoms with Crippen LogP contribution in [0.1, 0.15) is 17.8 Å². The molecule has 0 aliphatic carbocycles. The maximum atomic E-state index is 11.7. The summed E-state index contributed by atoms with van der Waals surface area (Å²) in [4.78, 5) is 12.5. The molecular weight excluding hydrogens is 244 g/mol. The minimum absolute atomic E-state index is 0.121. The lowest BCUT2D eigenvalue weighted by Gasteiger charge is -2.15. The van der Waals surface area contributed by atoms with E-state index in [9.17, 15) is 9.00 Å². The van der Waals surface area contributed by atoms with Crippen molar-refractivity contribution in [2.45, 2.75) is 19.0 Å². The lowest BCUT2D eigenvalue weighted by atomic mass is 10.2. The fourth-order valence-corrected chi connectivity index (χ4v) is 2.84. The van der Waals surface area contributed by atoms with E-state index >= 15 is 0 Å². The molecule has 16 heavy (non-hydrogen) atoms. The average Bonchev–Trinajstić information content (AvgIpc) is 2.67. The molecule has 0 radical (unpaired) electrons. The zero-order valence-electron chi connectivity index (χ0n) is 9.30. The van der Waals surface area contributed by atoms with Gasteiger partial charge < -0.3 is 11.1 Å². The highest BCUT2D eigenvalue weighted by atomic mass is 32.2. The van der Waals surface area contributed by atoms with Crippen molar-refractivity contribution in [3.8, 4) is 0 Å². The quantitative estimate of drug-likeness (QED) is 0.815. The van der Waals surface area contributed by atoms with Gasteiger partial charge in [0.05, 0.1) is 0 Å². The van der Waals surface area contributed by atoms with Crippen molar-refractivity contribution in [2.24, 2.45) is 5.73 Å². The average molecular weight is 260 g/mol. The van der Waals surface area contributed by atoms with Crippen molar-refractivity contribution in [1.29, 1.82) is 0 Å². The van der Waals surface area contributed by atoms with Gasteiger partial charge in [0, 0.05) is 33.7 Å². The van der Waals surface area contributed by atoms with Gasteiger partial charge in [0.15, 0.2) is 0 Å². The molecule has 90 valence electrons. The third-order valence-corrected chi connectivity index (χ3v) is 3.93. The lowest BCUT2D eigenvalue weighted by Crippen LogP contribution is -2.41. The summed E-state index contributed by atoms with van der Waals surface area (Å²) in [6.45, 7) is 1.82. The Labute approximate surface area is 102 Å². The molecule has 6 heteroatoms. The number of carbonyl (C=O) groups is 1. The van der Waals surface area contributed by atoms with Crippen molar-refractivity contribution >= 4 is 28.0 Å². The number of hydrogen-bond acceptors (Lipinski definition) is 4. The predicted molar refractivity (Wildman–Crippen MR) is 67.8 cm³/mol. The van der Waals surface area contributed by atoms with Gasteiger partial charge in [-0.1, -0.05) is 6.07 Å². The van der Waals surface area contributed by atoms with E-state index in [2.05, 4.69) is 5.32 Å². The van der Waals surface area contributed by atoms with E-state index < -0.39 is 16.8 Å². The molecule has 0 saturated heterocycles. The highest BCUT2D eigenvalue weighted by Crippen LogP contribution is 2.16. The van der Waals surface area contributed by atoms with E-state index in [4.69, 9.17) is 5.73 Å². The van der Waals surface area contributed by atoms with E-state index in [1.165, 1.54) is 11.3 Å². The Kier molecular flexibility index (Phi) is 5.11. The van der Waals surface area contributed by atoms with Gasteiger partial charge in [0.1, 0.15) is 6.04 Å². The minimum atomic E-state index is -0.915. The first-order valence-electron chi connectivity index (χ1n) is 4.90. The van der Waals surface area contributed by atoms with Crippen LogP contribution in [0.15, 0.2) is 17.5 Å². The van der Waals surface area contributed by atoms with Crippen LogP contribution in [-0.2, 0) is 15.6 Å². The molecule has 1 heterocycles. The standard InChI is InChI=1S/C10H16N2O2S2/c1-7(6-16(2)14)12-10(13)9(11)8-4-3-5-15-8/h3-5,7,9H,6,11H2,1-2H3,(H,12,13). The van der Waals surface area contributed by atoms with Crippen molar-refractivity contribution in [1.82, 2.24) is 5.32 Å². The van der Waals surface area contributed by atoms with Gasteiger partial charge in [-0.05, 0) is 18.4 Å². The fraction of sp³-hybridized carbons (Fsp3) is 0.500. The van der Waals surface area contributed by atoms with E-state index in [1.54, 1.807) is 6.26 Å². The highest BCUT2D eigenvalue weighted by molar-refractivity contribution is 7.84. The summed E-state index contributed by atoms with van der Waals surface area (Å²) < 4.78 is 11.0. The van der Waals surface area contributed by atoms with Crippen LogP contribution < -0.4 is 11.1 Å². The molecule has 0 aromatic carbocycles. The van der Waals surface area contributed by atoms with Crippen LogP contribution in [0.25, 0.3) is 0 Å². The Bertz CT molecular complexity index is 365. The SMILES string of the molecule is CC(CS(C)=O)NC(=O)C(N)c1cccs1. The predicted octanol–water partition coefficient (Wildman–Crippen LogP) is 0.631. The third kappa shape index (κ3) is 4.03. The number of carbonyl (C=O) groups excluding carboxylic acids is 1. The largest absolute Gasteiger partial charge is 0.351 e. The molecule has 0 bridgehead atoms. The number of nitrogens with one attached hydrogen (secondary N) is 1. The fourth-order valence-electron chi connectivity index (χ4n) is 1.32. The zero-order chi connectivity index (χ0) is 12.1. The second kappa shape index (κ2) is 6.12. The first-order chi connectivity index (χ1) is 7.50. The molecule has 0 spiro atoms. The second-order valence-corrected chi connectivity index (χ2v) is 6.10. The molecule has 0 aliphatic heterocycles. The summed E-state index contributed by atoms with van der Waals surface area (Å²) in [5, 5.41) is 4.63. The molecule has 1 rings (SSSR count). The van der Waals surface area contributed by atoms with E-state index in [1.807, 2.05) is 24.4 Å². The Morgan fingerprint density at radius 3 is 2.88 bits per heavy atom. The Balaban J connectivity index is 2.49. The van der Waals surface area contributed by atoms with Gasteiger partial charge in [-0.15, -0.1) is 11.3 Å². The van der Waals surface area contributed by atoms with Crippen LogP contribution in [-0.4, -0.2) is 28.2 Å². The molecule has 3 N–H and O–H groups in total. The Morgan fingerprint density at radius 2 is 2.38 bits per heavy atom. The van der Waals surface area contributed by atoms with Gasteiger partial charge in [-0.25, -0.2) is 0 Å². The van der Waals surface area contributed by atoms with Crippen LogP contribution in [0.4, 0.5) is 0 Å². The van der Waals surface area contributed by atoms with Gasteiger partial charge in [-0.3, -0.25) is 9.00 Å². The third-order valence-electron chi connectivity index (χ3n) is 2.01. The summed E-state index contributed by atoms with van der Waals surface area (Å²) >= 11 is 1.45. The molecule has 0 aliphatic rings. The second-order valence-electron chi connectivity index (χ2n) is 3.64. The van der Waals surface area contributed by atoms with Gasteiger partial charge >= 0.3 is 0 Å². The number of amides is 1. The summed E-state index contributed by atoms with van der Waals surface area (Å²) in [6, 6.07) is 2.94. The molecule has 0 saturated carbocycles. The van der Waals surface area contributed by atoms with Crippen molar-refractivity contribution < 1.29 is 9.00 Å². The number of rotatable bonds is 5. The van der Waals surface area contributed by atoms with Crippen LogP contribution >= 0.6 is 11.3 Å². The van der Waals surface area contributed by atoms with Crippen LogP contribution in [0, 0.1) is 0 Å². The van der Waals surface area contributed by atoms with Crippen LogP contribution in [0.5, 0.6) is 0 Å². The molecule has 1 amide bonds. The number of nitrogens with two attached hydrogens (primary N) is 1. The van der Waals surface area contributed by atoms with Gasteiger partial charge in [0.25, 0.3) is 0 Å². The molecule has 1 aromatic heterocycles. The van der Waals surface area contributed by atoms with Crippen molar-refractivity contribution in [3.63, 3.8) is 0 Å². The monoisotopic (exact) mass is 260 g/mol. The van der Waals surface area contributed by atoms with E-state index in [-0.39, 0.29) is 11.9 Å². The topological polar surface area (TPSA) is 72.2 Å².